The molecule has 2 aromatic rings. The Hall–Kier alpha value is -1.39. The summed E-state index contributed by atoms with van der Waals surface area (Å²) in [4.78, 5) is 7.69. The van der Waals surface area contributed by atoms with Gasteiger partial charge in [0.05, 0.1) is 17.1 Å². The number of rotatable bonds is 3. The summed E-state index contributed by atoms with van der Waals surface area (Å²) in [5, 5.41) is 8.85. The number of H-pyrrole nitrogens is 1. The zero-order valence-corrected chi connectivity index (χ0v) is 9.62. The molecular formula is C12H17N3O. The number of nitrogens with two attached hydrogens (primary N) is 1. The maximum Gasteiger partial charge on any atom is 0.124 e. The van der Waals surface area contributed by atoms with Crippen LogP contribution in [0.4, 0.5) is 0 Å². The van der Waals surface area contributed by atoms with Crippen LogP contribution in [0.15, 0.2) is 12.1 Å². The maximum atomic E-state index is 8.85. The molecule has 0 radical (unpaired) electrons. The average molecular weight is 219 g/mol. The zero-order valence-electron chi connectivity index (χ0n) is 9.62. The van der Waals surface area contributed by atoms with E-state index in [-0.39, 0.29) is 12.6 Å². The van der Waals surface area contributed by atoms with Crippen LogP contribution in [0.5, 0.6) is 0 Å². The van der Waals surface area contributed by atoms with Gasteiger partial charge in [-0.05, 0) is 37.5 Å². The summed E-state index contributed by atoms with van der Waals surface area (Å²) in [7, 11) is 0. The van der Waals surface area contributed by atoms with Crippen molar-refractivity contribution in [2.75, 3.05) is 6.61 Å². The van der Waals surface area contributed by atoms with E-state index >= 15 is 0 Å². The first-order chi connectivity index (χ1) is 7.61. The first-order valence-electron chi connectivity index (χ1n) is 5.45. The molecule has 0 aliphatic carbocycles. The van der Waals surface area contributed by atoms with Crippen LogP contribution in [0.2, 0.25) is 0 Å². The van der Waals surface area contributed by atoms with Crippen molar-refractivity contribution in [1.82, 2.24) is 9.97 Å². The minimum atomic E-state index is -0.225. The highest BCUT2D eigenvalue weighted by Gasteiger charge is 2.11. The molecule has 4 heteroatoms. The smallest absolute Gasteiger partial charge is 0.124 e. The molecule has 86 valence electrons. The molecular weight excluding hydrogens is 202 g/mol. The Kier molecular flexibility index (Phi) is 2.94. The largest absolute Gasteiger partial charge is 0.396 e. The van der Waals surface area contributed by atoms with Crippen LogP contribution in [0.25, 0.3) is 11.0 Å². The lowest BCUT2D eigenvalue weighted by Gasteiger charge is -2.04. The molecule has 4 nitrogen and oxygen atoms in total. The standard InChI is InChI=1S/C12H17N3O/c1-7-5-8(2)11-10(6-7)14-12(15-11)9(13)3-4-16/h5-6,9,16H,3-4,13H2,1-2H3,(H,14,15). The Morgan fingerprint density at radius 2 is 2.19 bits per heavy atom. The minimum Gasteiger partial charge on any atom is -0.396 e. The fourth-order valence-corrected chi connectivity index (χ4v) is 1.94. The Balaban J connectivity index is 2.47. The second-order valence-corrected chi connectivity index (χ2v) is 4.22. The number of nitrogens with one attached hydrogen (secondary N) is 1. The number of benzene rings is 1. The molecule has 0 bridgehead atoms. The zero-order chi connectivity index (χ0) is 11.7. The summed E-state index contributed by atoms with van der Waals surface area (Å²) in [6, 6.07) is 3.94. The summed E-state index contributed by atoms with van der Waals surface area (Å²) in [6.07, 6.45) is 0.526. The lowest BCUT2D eigenvalue weighted by atomic mass is 10.1. The molecule has 4 N–H and O–H groups in total. The number of aryl methyl sites for hydroxylation is 2. The second kappa shape index (κ2) is 4.23. The van der Waals surface area contributed by atoms with Crippen LogP contribution in [0.3, 0.4) is 0 Å². The molecule has 0 amide bonds. The third-order valence-electron chi connectivity index (χ3n) is 2.73. The predicted molar refractivity (Wildman–Crippen MR) is 64.2 cm³/mol. The van der Waals surface area contributed by atoms with Crippen molar-refractivity contribution in [2.45, 2.75) is 26.3 Å². The van der Waals surface area contributed by atoms with E-state index in [2.05, 4.69) is 29.0 Å². The van der Waals surface area contributed by atoms with Crippen LogP contribution in [-0.4, -0.2) is 21.7 Å². The molecule has 0 aliphatic heterocycles. The van der Waals surface area contributed by atoms with Gasteiger partial charge < -0.3 is 15.8 Å². The highest BCUT2D eigenvalue weighted by atomic mass is 16.3. The van der Waals surface area contributed by atoms with Gasteiger partial charge in [-0.25, -0.2) is 4.98 Å². The monoisotopic (exact) mass is 219 g/mol. The molecule has 0 spiro atoms. The van der Waals surface area contributed by atoms with Crippen LogP contribution in [0.1, 0.15) is 29.4 Å². The molecule has 0 saturated carbocycles. The van der Waals surface area contributed by atoms with E-state index in [1.54, 1.807) is 0 Å². The minimum absolute atomic E-state index is 0.0796. The van der Waals surface area contributed by atoms with Gasteiger partial charge in [0.15, 0.2) is 0 Å². The SMILES string of the molecule is Cc1cc(C)c2nc(C(N)CCO)[nH]c2c1. The Labute approximate surface area is 94.5 Å². The number of aliphatic hydroxyl groups is 1. The first-order valence-corrected chi connectivity index (χ1v) is 5.45. The van der Waals surface area contributed by atoms with E-state index in [9.17, 15) is 0 Å². The third-order valence-corrected chi connectivity index (χ3v) is 2.73. The van der Waals surface area contributed by atoms with Gasteiger partial charge in [0, 0.05) is 6.61 Å². The molecule has 1 heterocycles. The van der Waals surface area contributed by atoms with Crippen LogP contribution < -0.4 is 5.73 Å². The van der Waals surface area contributed by atoms with E-state index in [1.807, 2.05) is 6.92 Å². The summed E-state index contributed by atoms with van der Waals surface area (Å²) < 4.78 is 0. The van der Waals surface area contributed by atoms with Gasteiger partial charge in [-0.2, -0.15) is 0 Å². The van der Waals surface area contributed by atoms with Crippen LogP contribution >= 0.6 is 0 Å². The van der Waals surface area contributed by atoms with Crippen LogP contribution in [-0.2, 0) is 0 Å². The summed E-state index contributed by atoms with van der Waals surface area (Å²) >= 11 is 0. The summed E-state index contributed by atoms with van der Waals surface area (Å²) in [5.41, 5.74) is 10.2. The van der Waals surface area contributed by atoms with Crippen LogP contribution in [0, 0.1) is 13.8 Å². The lowest BCUT2D eigenvalue weighted by molar-refractivity contribution is 0.275. The predicted octanol–water partition coefficient (Wildman–Crippen LogP) is 1.56. The maximum absolute atomic E-state index is 8.85. The third kappa shape index (κ3) is 1.94. The molecule has 16 heavy (non-hydrogen) atoms. The van der Waals surface area contributed by atoms with Crippen molar-refractivity contribution >= 4 is 11.0 Å². The van der Waals surface area contributed by atoms with Gasteiger partial charge in [0.25, 0.3) is 0 Å². The van der Waals surface area contributed by atoms with E-state index in [4.69, 9.17) is 10.8 Å². The topological polar surface area (TPSA) is 74.9 Å². The van der Waals surface area contributed by atoms with Gasteiger partial charge in [0.1, 0.15) is 5.82 Å². The second-order valence-electron chi connectivity index (χ2n) is 4.22. The Morgan fingerprint density at radius 1 is 1.44 bits per heavy atom. The molecule has 1 unspecified atom stereocenters. The molecule has 0 saturated heterocycles. The number of fused-ring (bicyclic) bond motifs is 1. The Morgan fingerprint density at radius 3 is 2.88 bits per heavy atom. The number of aromatic nitrogens is 2. The van der Waals surface area contributed by atoms with Crippen molar-refractivity contribution in [3.63, 3.8) is 0 Å². The number of aromatic amines is 1. The van der Waals surface area contributed by atoms with Crippen molar-refractivity contribution in [1.29, 1.82) is 0 Å². The number of nitrogens with zero attached hydrogens (tertiary/aromatic N) is 1. The van der Waals surface area contributed by atoms with E-state index in [1.165, 1.54) is 5.56 Å². The highest BCUT2D eigenvalue weighted by molar-refractivity contribution is 5.79. The quantitative estimate of drug-likeness (QED) is 0.733. The molecule has 1 aromatic carbocycles. The fourth-order valence-electron chi connectivity index (χ4n) is 1.94. The molecule has 0 fully saturated rings. The van der Waals surface area contributed by atoms with Gasteiger partial charge in [-0.15, -0.1) is 0 Å². The van der Waals surface area contributed by atoms with Gasteiger partial charge >= 0.3 is 0 Å². The number of hydrogen-bond donors (Lipinski definition) is 3. The molecule has 1 atom stereocenters. The lowest BCUT2D eigenvalue weighted by Crippen LogP contribution is -2.13. The van der Waals surface area contributed by atoms with Crippen molar-refractivity contribution in [3.05, 3.63) is 29.1 Å². The van der Waals surface area contributed by atoms with Gasteiger partial charge in [-0.1, -0.05) is 6.07 Å². The number of aliphatic hydroxyl groups excluding tert-OH is 1. The summed E-state index contributed by atoms with van der Waals surface area (Å²) in [5.74, 6) is 0.748. The number of imidazole rings is 1. The number of hydrogen-bond acceptors (Lipinski definition) is 3. The molecule has 2 rings (SSSR count). The fraction of sp³-hybridized carbons (Fsp3) is 0.417. The van der Waals surface area contributed by atoms with Crippen molar-refractivity contribution in [3.8, 4) is 0 Å². The van der Waals surface area contributed by atoms with Gasteiger partial charge in [-0.3, -0.25) is 0 Å². The first kappa shape index (κ1) is 11.1. The summed E-state index contributed by atoms with van der Waals surface area (Å²) in [6.45, 7) is 4.17. The van der Waals surface area contributed by atoms with Crippen molar-refractivity contribution in [2.24, 2.45) is 5.73 Å². The Bertz CT molecular complexity index is 504. The van der Waals surface area contributed by atoms with E-state index in [0.29, 0.717) is 6.42 Å². The molecule has 1 aromatic heterocycles. The molecule has 0 aliphatic rings. The average Bonchev–Trinajstić information content (AvgIpc) is 2.62. The van der Waals surface area contributed by atoms with E-state index in [0.717, 1.165) is 22.4 Å². The van der Waals surface area contributed by atoms with Crippen molar-refractivity contribution < 1.29 is 5.11 Å². The highest BCUT2D eigenvalue weighted by Crippen LogP contribution is 2.21. The van der Waals surface area contributed by atoms with E-state index < -0.39 is 0 Å². The normalized spacial score (nSPS) is 13.2. The van der Waals surface area contributed by atoms with Gasteiger partial charge in [0.2, 0.25) is 0 Å².